The van der Waals surface area contributed by atoms with Crippen LogP contribution in [0.15, 0.2) is 48.5 Å². The van der Waals surface area contributed by atoms with Crippen molar-refractivity contribution in [3.05, 3.63) is 70.8 Å². The van der Waals surface area contributed by atoms with E-state index in [9.17, 15) is 31.1 Å². The van der Waals surface area contributed by atoms with Crippen molar-refractivity contribution in [2.24, 2.45) is 5.41 Å². The van der Waals surface area contributed by atoms with Gasteiger partial charge in [-0.2, -0.15) is 26.3 Å². The first-order valence-corrected chi connectivity index (χ1v) is 13.5. The maximum absolute atomic E-state index is 13.6. The molecule has 3 fully saturated rings. The third-order valence-electron chi connectivity index (χ3n) is 8.80. The summed E-state index contributed by atoms with van der Waals surface area (Å²) in [5.41, 5.74) is -2.20. The fourth-order valence-electron chi connectivity index (χ4n) is 6.54. The number of rotatable bonds is 4. The van der Waals surface area contributed by atoms with Crippen molar-refractivity contribution in [3.63, 3.8) is 0 Å². The van der Waals surface area contributed by atoms with E-state index in [0.29, 0.717) is 36.8 Å². The van der Waals surface area contributed by atoms with E-state index in [0.717, 1.165) is 44.6 Å². The first kappa shape index (κ1) is 28.0. The van der Waals surface area contributed by atoms with Crippen molar-refractivity contribution in [3.8, 4) is 0 Å². The monoisotopic (exact) mass is 553 g/mol. The SMILES string of the molecule is O=C(c1cc(C(F)(F)F)cc(C(F)(F)F)c1)N1CCC(N2CCC3(CCNC3)CC2)CC1Cc1ccccc1. The second kappa shape index (κ2) is 10.8. The summed E-state index contributed by atoms with van der Waals surface area (Å²) >= 11 is 0. The van der Waals surface area contributed by atoms with Crippen LogP contribution < -0.4 is 5.32 Å². The molecule has 1 N–H and O–H groups in total. The lowest BCUT2D eigenvalue weighted by Gasteiger charge is -2.47. The van der Waals surface area contributed by atoms with Gasteiger partial charge in [0.1, 0.15) is 0 Å². The van der Waals surface area contributed by atoms with Gasteiger partial charge in [-0.1, -0.05) is 30.3 Å². The van der Waals surface area contributed by atoms with Gasteiger partial charge < -0.3 is 15.1 Å². The van der Waals surface area contributed by atoms with E-state index < -0.39 is 35.0 Å². The molecule has 0 saturated carbocycles. The quantitative estimate of drug-likeness (QED) is 0.471. The van der Waals surface area contributed by atoms with Gasteiger partial charge in [0.2, 0.25) is 0 Å². The van der Waals surface area contributed by atoms with Crippen LogP contribution in [0.5, 0.6) is 0 Å². The van der Waals surface area contributed by atoms with E-state index in [1.165, 1.54) is 11.3 Å². The number of nitrogens with zero attached hydrogens (tertiary/aromatic N) is 2. The highest BCUT2D eigenvalue weighted by Gasteiger charge is 2.42. The van der Waals surface area contributed by atoms with Crippen LogP contribution in [0.3, 0.4) is 0 Å². The summed E-state index contributed by atoms with van der Waals surface area (Å²) in [7, 11) is 0. The first-order chi connectivity index (χ1) is 18.4. The van der Waals surface area contributed by atoms with Gasteiger partial charge in [0.05, 0.1) is 11.1 Å². The van der Waals surface area contributed by atoms with Gasteiger partial charge in [0, 0.05) is 30.7 Å². The number of amides is 1. The largest absolute Gasteiger partial charge is 0.416 e. The molecule has 2 atom stereocenters. The molecule has 0 bridgehead atoms. The highest BCUT2D eigenvalue weighted by Crippen LogP contribution is 2.40. The average molecular weight is 554 g/mol. The number of alkyl halides is 6. The molecule has 3 saturated heterocycles. The molecule has 0 radical (unpaired) electrons. The van der Waals surface area contributed by atoms with E-state index in [4.69, 9.17) is 0 Å². The topological polar surface area (TPSA) is 35.6 Å². The van der Waals surface area contributed by atoms with Crippen molar-refractivity contribution in [1.29, 1.82) is 0 Å². The van der Waals surface area contributed by atoms with E-state index in [-0.39, 0.29) is 24.7 Å². The Hall–Kier alpha value is -2.59. The summed E-state index contributed by atoms with van der Waals surface area (Å²) in [6, 6.07) is 10.5. The summed E-state index contributed by atoms with van der Waals surface area (Å²) in [4.78, 5) is 17.5. The van der Waals surface area contributed by atoms with E-state index in [2.05, 4.69) is 10.2 Å². The maximum atomic E-state index is 13.6. The van der Waals surface area contributed by atoms with Crippen LogP contribution in [-0.4, -0.2) is 60.5 Å². The molecule has 39 heavy (non-hydrogen) atoms. The van der Waals surface area contributed by atoms with Crippen molar-refractivity contribution in [1.82, 2.24) is 15.1 Å². The molecule has 10 heteroatoms. The van der Waals surface area contributed by atoms with Crippen LogP contribution in [-0.2, 0) is 18.8 Å². The molecule has 2 aromatic rings. The summed E-state index contributed by atoms with van der Waals surface area (Å²) in [5, 5.41) is 3.47. The zero-order valence-corrected chi connectivity index (χ0v) is 21.6. The summed E-state index contributed by atoms with van der Waals surface area (Å²) in [6.45, 7) is 4.29. The van der Waals surface area contributed by atoms with Crippen molar-refractivity contribution < 1.29 is 31.1 Å². The van der Waals surface area contributed by atoms with E-state index in [1.54, 1.807) is 0 Å². The fourth-order valence-corrected chi connectivity index (χ4v) is 6.54. The van der Waals surface area contributed by atoms with Gasteiger partial charge in [-0.05, 0) is 87.3 Å². The predicted octanol–water partition coefficient (Wildman–Crippen LogP) is 6.02. The number of nitrogens with one attached hydrogen (secondary N) is 1. The number of carbonyl (C=O) groups excluding carboxylic acids is 1. The first-order valence-electron chi connectivity index (χ1n) is 13.5. The number of halogens is 6. The molecule has 0 aliphatic carbocycles. The van der Waals surface area contributed by atoms with Gasteiger partial charge in [0.15, 0.2) is 0 Å². The lowest BCUT2D eigenvalue weighted by Crippen LogP contribution is -2.55. The van der Waals surface area contributed by atoms with Gasteiger partial charge in [0.25, 0.3) is 5.91 Å². The molecule has 0 aromatic heterocycles. The summed E-state index contributed by atoms with van der Waals surface area (Å²) in [5.74, 6) is -0.791. The van der Waals surface area contributed by atoms with E-state index >= 15 is 0 Å². The second-order valence-corrected chi connectivity index (χ2v) is 11.3. The molecule has 1 spiro atoms. The second-order valence-electron chi connectivity index (χ2n) is 11.3. The Labute approximate surface area is 224 Å². The Morgan fingerprint density at radius 3 is 2.10 bits per heavy atom. The van der Waals surface area contributed by atoms with Crippen LogP contribution in [0.4, 0.5) is 26.3 Å². The fraction of sp³-hybridized carbons (Fsp3) is 0.552. The van der Waals surface area contributed by atoms with Crippen LogP contribution in [0, 0.1) is 5.41 Å². The predicted molar refractivity (Wildman–Crippen MR) is 135 cm³/mol. The van der Waals surface area contributed by atoms with Crippen LogP contribution in [0.25, 0.3) is 0 Å². The number of likely N-dealkylation sites (tertiary alicyclic amines) is 2. The zero-order chi connectivity index (χ0) is 27.8. The molecule has 1 amide bonds. The molecule has 212 valence electrons. The van der Waals surface area contributed by atoms with Crippen LogP contribution in [0.1, 0.15) is 59.2 Å². The number of hydrogen-bond acceptors (Lipinski definition) is 3. The molecule has 2 aromatic carbocycles. The Morgan fingerprint density at radius 2 is 1.54 bits per heavy atom. The molecular weight excluding hydrogens is 520 g/mol. The Kier molecular flexibility index (Phi) is 7.72. The lowest BCUT2D eigenvalue weighted by molar-refractivity contribution is -0.143. The number of hydrogen-bond donors (Lipinski definition) is 1. The highest BCUT2D eigenvalue weighted by molar-refractivity contribution is 5.95. The van der Waals surface area contributed by atoms with Crippen LogP contribution in [0.2, 0.25) is 0 Å². The van der Waals surface area contributed by atoms with Gasteiger partial charge in [-0.15, -0.1) is 0 Å². The third-order valence-corrected chi connectivity index (χ3v) is 8.80. The summed E-state index contributed by atoms with van der Waals surface area (Å²) < 4.78 is 80.8. The molecule has 5 rings (SSSR count). The third kappa shape index (κ3) is 6.27. The molecule has 4 nitrogen and oxygen atoms in total. The Balaban J connectivity index is 1.39. The minimum Gasteiger partial charge on any atom is -0.335 e. The minimum atomic E-state index is -5.01. The standard InChI is InChI=1S/C29H33F6N3O/c30-28(31,32)22-15-21(16-23(17-22)29(33,34)35)26(39)38-11-6-24(18-25(38)14-20-4-2-1-3-5-20)37-12-8-27(9-13-37)7-10-36-19-27/h1-5,15-17,24-25,36H,6-14,18-19H2. The zero-order valence-electron chi connectivity index (χ0n) is 21.6. The van der Waals surface area contributed by atoms with Gasteiger partial charge in [-0.25, -0.2) is 0 Å². The molecule has 3 heterocycles. The Morgan fingerprint density at radius 1 is 0.897 bits per heavy atom. The normalized spacial score (nSPS) is 24.3. The minimum absolute atomic E-state index is 0.0630. The molecule has 3 aliphatic rings. The summed E-state index contributed by atoms with van der Waals surface area (Å²) in [6.07, 6.45) is -4.89. The van der Waals surface area contributed by atoms with Gasteiger partial charge >= 0.3 is 12.4 Å². The highest BCUT2D eigenvalue weighted by atomic mass is 19.4. The van der Waals surface area contributed by atoms with Crippen molar-refractivity contribution in [2.75, 3.05) is 32.7 Å². The number of carbonyl (C=O) groups is 1. The van der Waals surface area contributed by atoms with Crippen LogP contribution >= 0.6 is 0 Å². The lowest BCUT2D eigenvalue weighted by atomic mass is 9.77. The van der Waals surface area contributed by atoms with Crippen molar-refractivity contribution in [2.45, 2.75) is 63.0 Å². The van der Waals surface area contributed by atoms with E-state index in [1.807, 2.05) is 30.3 Å². The number of piperidine rings is 2. The maximum Gasteiger partial charge on any atom is 0.416 e. The smallest absolute Gasteiger partial charge is 0.335 e. The molecular formula is C29H33F6N3O. The Bertz CT molecular complexity index is 1120. The number of benzene rings is 2. The molecule has 2 unspecified atom stereocenters. The van der Waals surface area contributed by atoms with Crippen molar-refractivity contribution >= 4 is 5.91 Å². The average Bonchev–Trinajstić information content (AvgIpc) is 3.36. The van der Waals surface area contributed by atoms with Gasteiger partial charge in [-0.3, -0.25) is 4.79 Å². The molecule has 3 aliphatic heterocycles.